The van der Waals surface area contributed by atoms with Crippen molar-refractivity contribution >= 4 is 0 Å². The third-order valence-electron chi connectivity index (χ3n) is 0.401. The number of hydrogen-bond acceptors (Lipinski definition) is 2. The molecule has 0 rings (SSSR count). The van der Waals surface area contributed by atoms with Gasteiger partial charge in [0.05, 0.1) is 0 Å². The fraction of sp³-hybridized carbons (Fsp3) is 1.00. The van der Waals surface area contributed by atoms with E-state index in [1.165, 1.54) is 0 Å². The Morgan fingerprint density at radius 3 is 1.25 bits per heavy atom. The summed E-state index contributed by atoms with van der Waals surface area (Å²) in [6, 6.07) is -4.84. The molecule has 6 heteroatoms. The second-order valence-electron chi connectivity index (χ2n) is 1.16. The second kappa shape index (κ2) is 1.56. The van der Waals surface area contributed by atoms with E-state index in [9.17, 15) is 17.6 Å². The van der Waals surface area contributed by atoms with Crippen LogP contribution in [0.4, 0.5) is 17.6 Å². The molecule has 0 fully saturated rings. The fourth-order valence-corrected chi connectivity index (χ4v) is 0. The van der Waals surface area contributed by atoms with Crippen molar-refractivity contribution in [1.82, 2.24) is 0 Å². The highest BCUT2D eigenvalue weighted by atomic mass is 19.3. The van der Waals surface area contributed by atoms with E-state index in [0.29, 0.717) is 0 Å². The Bertz CT molecular complexity index is 69.0. The summed E-state index contributed by atoms with van der Waals surface area (Å²) in [5, 5.41) is 7.15. The SMILES string of the molecule is NC(F)(F)C(O)(F)F. The van der Waals surface area contributed by atoms with E-state index in [0.717, 1.165) is 0 Å². The van der Waals surface area contributed by atoms with Crippen LogP contribution >= 0.6 is 0 Å². The summed E-state index contributed by atoms with van der Waals surface area (Å²) in [5.74, 6) is 0. The molecular formula is C2H3F4NO. The van der Waals surface area contributed by atoms with Crippen LogP contribution in [0.3, 0.4) is 0 Å². The molecule has 0 aliphatic heterocycles. The second-order valence-corrected chi connectivity index (χ2v) is 1.16. The van der Waals surface area contributed by atoms with E-state index in [-0.39, 0.29) is 0 Å². The lowest BCUT2D eigenvalue weighted by molar-refractivity contribution is -0.323. The van der Waals surface area contributed by atoms with Crippen LogP contribution in [0.5, 0.6) is 0 Å². The summed E-state index contributed by atoms with van der Waals surface area (Å²) >= 11 is 0. The maximum Gasteiger partial charge on any atom is 0.431 e. The van der Waals surface area contributed by atoms with E-state index in [2.05, 4.69) is 5.73 Å². The van der Waals surface area contributed by atoms with Crippen molar-refractivity contribution in [2.24, 2.45) is 5.73 Å². The zero-order chi connectivity index (χ0) is 7.00. The van der Waals surface area contributed by atoms with E-state index >= 15 is 0 Å². The predicted octanol–water partition coefficient (Wildman–Crippen LogP) is 0.123. The van der Waals surface area contributed by atoms with Gasteiger partial charge in [0, 0.05) is 0 Å². The minimum atomic E-state index is -5.12. The smallest absolute Gasteiger partial charge is 0.330 e. The van der Waals surface area contributed by atoms with Crippen LogP contribution < -0.4 is 5.73 Å². The molecular weight excluding hydrogens is 130 g/mol. The van der Waals surface area contributed by atoms with Crippen molar-refractivity contribution in [2.75, 3.05) is 0 Å². The van der Waals surface area contributed by atoms with Crippen molar-refractivity contribution in [2.45, 2.75) is 12.2 Å². The minimum Gasteiger partial charge on any atom is -0.330 e. The van der Waals surface area contributed by atoms with Gasteiger partial charge in [-0.15, -0.1) is 0 Å². The summed E-state index contributed by atoms with van der Waals surface area (Å²) in [5.41, 5.74) is 3.48. The molecule has 0 amide bonds. The van der Waals surface area contributed by atoms with Gasteiger partial charge in [-0.25, -0.2) is 0 Å². The Hall–Kier alpha value is -0.360. The van der Waals surface area contributed by atoms with Gasteiger partial charge in [0.1, 0.15) is 0 Å². The molecule has 0 saturated carbocycles. The number of rotatable bonds is 1. The molecule has 8 heavy (non-hydrogen) atoms. The molecule has 0 bridgehead atoms. The highest BCUT2D eigenvalue weighted by Gasteiger charge is 2.51. The number of nitrogens with two attached hydrogens (primary N) is 1. The topological polar surface area (TPSA) is 46.2 Å². The summed E-state index contributed by atoms with van der Waals surface area (Å²) in [6.45, 7) is 0. The van der Waals surface area contributed by atoms with Crippen LogP contribution in [0.25, 0.3) is 0 Å². The molecule has 0 aliphatic rings. The monoisotopic (exact) mass is 133 g/mol. The largest absolute Gasteiger partial charge is 0.431 e. The van der Waals surface area contributed by atoms with Crippen molar-refractivity contribution in [1.29, 1.82) is 0 Å². The summed E-state index contributed by atoms with van der Waals surface area (Å²) in [4.78, 5) is 0. The third-order valence-corrected chi connectivity index (χ3v) is 0.401. The average Bonchev–Trinajstić information content (AvgIpc) is 1.25. The van der Waals surface area contributed by atoms with Crippen molar-refractivity contribution in [3.05, 3.63) is 0 Å². The van der Waals surface area contributed by atoms with Crippen LogP contribution in [0.2, 0.25) is 0 Å². The van der Waals surface area contributed by atoms with Crippen LogP contribution in [0.1, 0.15) is 0 Å². The molecule has 0 spiro atoms. The van der Waals surface area contributed by atoms with Gasteiger partial charge in [-0.05, 0) is 0 Å². The third kappa shape index (κ3) is 1.63. The van der Waals surface area contributed by atoms with E-state index in [4.69, 9.17) is 5.11 Å². The lowest BCUT2D eigenvalue weighted by Gasteiger charge is -2.14. The molecule has 0 atom stereocenters. The minimum absolute atomic E-state index is 3.48. The molecule has 0 saturated heterocycles. The first-order valence-corrected chi connectivity index (χ1v) is 1.52. The standard InChI is InChI=1S/C2H3F4NO/c3-1(4,7)2(5,6)8/h8H,7H2. The van der Waals surface area contributed by atoms with Gasteiger partial charge in [0.15, 0.2) is 0 Å². The van der Waals surface area contributed by atoms with Gasteiger partial charge in [0.25, 0.3) is 0 Å². The molecule has 0 heterocycles. The van der Waals surface area contributed by atoms with E-state index in [1.807, 2.05) is 0 Å². The zero-order valence-electron chi connectivity index (χ0n) is 3.54. The molecule has 50 valence electrons. The lowest BCUT2D eigenvalue weighted by atomic mass is 10.5. The van der Waals surface area contributed by atoms with Gasteiger partial charge in [-0.1, -0.05) is 0 Å². The molecule has 0 aliphatic carbocycles. The summed E-state index contributed by atoms with van der Waals surface area (Å²) in [7, 11) is 0. The molecule has 0 aromatic rings. The highest BCUT2D eigenvalue weighted by molar-refractivity contribution is 4.64. The molecule has 3 N–H and O–H groups in total. The van der Waals surface area contributed by atoms with Gasteiger partial charge in [-0.2, -0.15) is 17.6 Å². The molecule has 2 nitrogen and oxygen atoms in total. The Balaban J connectivity index is 4.02. The number of aliphatic hydroxyl groups is 1. The fourth-order valence-electron chi connectivity index (χ4n) is 0. The first-order chi connectivity index (χ1) is 3.25. The van der Waals surface area contributed by atoms with Gasteiger partial charge in [-0.3, -0.25) is 5.73 Å². The van der Waals surface area contributed by atoms with Gasteiger partial charge < -0.3 is 5.11 Å². The first-order valence-electron chi connectivity index (χ1n) is 1.52. The average molecular weight is 133 g/mol. The Labute approximate surface area is 41.9 Å². The highest BCUT2D eigenvalue weighted by Crippen LogP contribution is 2.25. The Kier molecular flexibility index (Phi) is 1.49. The van der Waals surface area contributed by atoms with E-state index < -0.39 is 12.2 Å². The van der Waals surface area contributed by atoms with Crippen molar-refractivity contribution < 1.29 is 22.7 Å². The maximum absolute atomic E-state index is 11.0. The number of halogens is 4. The Morgan fingerprint density at radius 1 is 1.12 bits per heavy atom. The number of hydrogen-bond donors (Lipinski definition) is 2. The van der Waals surface area contributed by atoms with Crippen LogP contribution in [0, 0.1) is 0 Å². The molecule has 0 aromatic carbocycles. The number of alkyl halides is 4. The van der Waals surface area contributed by atoms with Crippen molar-refractivity contribution in [3.8, 4) is 0 Å². The lowest BCUT2D eigenvalue weighted by Crippen LogP contribution is -2.47. The molecule has 0 radical (unpaired) electrons. The van der Waals surface area contributed by atoms with Crippen LogP contribution in [-0.2, 0) is 0 Å². The zero-order valence-corrected chi connectivity index (χ0v) is 3.54. The molecule has 0 aromatic heterocycles. The van der Waals surface area contributed by atoms with Crippen LogP contribution in [0.15, 0.2) is 0 Å². The quantitative estimate of drug-likeness (QED) is 0.394. The van der Waals surface area contributed by atoms with Gasteiger partial charge >= 0.3 is 12.2 Å². The molecule has 0 unspecified atom stereocenters. The Morgan fingerprint density at radius 2 is 1.25 bits per heavy atom. The van der Waals surface area contributed by atoms with Gasteiger partial charge in [0.2, 0.25) is 0 Å². The summed E-state index contributed by atoms with van der Waals surface area (Å²) in [6.07, 6.45) is -5.12. The predicted molar refractivity (Wildman–Crippen MR) is 16.3 cm³/mol. The normalized spacial score (nSPS) is 14.2. The summed E-state index contributed by atoms with van der Waals surface area (Å²) < 4.78 is 43.8. The maximum atomic E-state index is 11.0. The van der Waals surface area contributed by atoms with E-state index in [1.54, 1.807) is 0 Å². The van der Waals surface area contributed by atoms with Crippen LogP contribution in [-0.4, -0.2) is 17.3 Å². The van der Waals surface area contributed by atoms with Crippen molar-refractivity contribution in [3.63, 3.8) is 0 Å². The first kappa shape index (κ1) is 7.64.